The molecule has 0 aliphatic rings. The number of ether oxygens (including phenoxy) is 1. The summed E-state index contributed by atoms with van der Waals surface area (Å²) in [7, 11) is 0. The predicted molar refractivity (Wildman–Crippen MR) is 77.7 cm³/mol. The molecule has 0 saturated heterocycles. The van der Waals surface area contributed by atoms with Crippen molar-refractivity contribution in [2.75, 3.05) is 13.2 Å². The highest BCUT2D eigenvalue weighted by molar-refractivity contribution is 5.45. The number of pyridine rings is 1. The van der Waals surface area contributed by atoms with Gasteiger partial charge in [-0.05, 0) is 46.2 Å². The Morgan fingerprint density at radius 2 is 2.10 bits per heavy atom. The summed E-state index contributed by atoms with van der Waals surface area (Å²) < 4.78 is 5.49. The number of nitrogens with zero attached hydrogens (tertiary/aromatic N) is 2. The van der Waals surface area contributed by atoms with Crippen LogP contribution in [0.2, 0.25) is 0 Å². The summed E-state index contributed by atoms with van der Waals surface area (Å²) >= 11 is 0. The van der Waals surface area contributed by atoms with Gasteiger partial charge in [0.2, 0.25) is 5.88 Å². The molecule has 1 aromatic rings. The quantitative estimate of drug-likeness (QED) is 0.856. The van der Waals surface area contributed by atoms with Crippen molar-refractivity contribution in [1.29, 1.82) is 5.26 Å². The van der Waals surface area contributed by atoms with E-state index in [0.29, 0.717) is 18.0 Å². The molecule has 1 rings (SSSR count). The molecule has 1 heterocycles. The van der Waals surface area contributed by atoms with Gasteiger partial charge in [0.05, 0.1) is 0 Å². The van der Waals surface area contributed by atoms with Crippen LogP contribution < -0.4 is 10.1 Å². The van der Waals surface area contributed by atoms with E-state index in [1.165, 1.54) is 0 Å². The monoisotopic (exact) mass is 277 g/mol. The maximum atomic E-state index is 9.88. The molecule has 0 aliphatic heterocycles. The smallest absolute Gasteiger partial charge is 0.232 e. The second kappa shape index (κ2) is 6.69. The van der Waals surface area contributed by atoms with E-state index in [4.69, 9.17) is 10.00 Å². The molecule has 0 fully saturated rings. The molecule has 5 heteroatoms. The van der Waals surface area contributed by atoms with Crippen LogP contribution in [0.15, 0.2) is 6.07 Å². The molecule has 0 radical (unpaired) electrons. The van der Waals surface area contributed by atoms with Crippen LogP contribution in [0.25, 0.3) is 0 Å². The molecule has 0 saturated carbocycles. The minimum absolute atomic E-state index is 0.0586. The second-order valence-corrected chi connectivity index (χ2v) is 5.97. The van der Waals surface area contributed by atoms with Crippen molar-refractivity contribution in [1.82, 2.24) is 10.3 Å². The van der Waals surface area contributed by atoms with Crippen LogP contribution in [0.1, 0.15) is 37.6 Å². The molecule has 2 N–H and O–H groups in total. The van der Waals surface area contributed by atoms with Gasteiger partial charge in [0, 0.05) is 17.8 Å². The van der Waals surface area contributed by atoms with Crippen molar-refractivity contribution < 1.29 is 9.84 Å². The number of hydrogen-bond donors (Lipinski definition) is 2. The molecule has 1 atom stereocenters. The number of aliphatic hydroxyl groups excluding tert-OH is 1. The van der Waals surface area contributed by atoms with E-state index in [2.05, 4.69) is 16.4 Å². The van der Waals surface area contributed by atoms with Gasteiger partial charge < -0.3 is 15.2 Å². The molecule has 110 valence electrons. The van der Waals surface area contributed by atoms with E-state index in [0.717, 1.165) is 11.3 Å². The number of rotatable bonds is 5. The van der Waals surface area contributed by atoms with Gasteiger partial charge in [0.15, 0.2) is 0 Å². The summed E-state index contributed by atoms with van der Waals surface area (Å²) in [5.41, 5.74) is 1.99. The van der Waals surface area contributed by atoms with Crippen molar-refractivity contribution in [3.05, 3.63) is 22.9 Å². The van der Waals surface area contributed by atoms with Crippen molar-refractivity contribution in [2.45, 2.75) is 46.3 Å². The maximum absolute atomic E-state index is 9.88. The SMILES string of the molecule is Cc1cc(C)c(C#N)c(OCC(O)CNC(C)(C)C)n1. The number of aliphatic hydroxyl groups is 1. The van der Waals surface area contributed by atoms with Crippen LogP contribution in [-0.2, 0) is 0 Å². The van der Waals surface area contributed by atoms with Crippen LogP contribution in [-0.4, -0.2) is 34.9 Å². The lowest BCUT2D eigenvalue weighted by Crippen LogP contribution is -2.42. The Bertz CT molecular complexity index is 501. The minimum Gasteiger partial charge on any atom is -0.474 e. The molecule has 1 unspecified atom stereocenters. The fourth-order valence-electron chi connectivity index (χ4n) is 1.70. The second-order valence-electron chi connectivity index (χ2n) is 5.97. The maximum Gasteiger partial charge on any atom is 0.232 e. The third kappa shape index (κ3) is 5.16. The number of β-amino-alcohol motifs (C(OH)–C–C–N with tert-alkyl or cyclic N) is 1. The van der Waals surface area contributed by atoms with Gasteiger partial charge in [-0.3, -0.25) is 0 Å². The first-order valence-electron chi connectivity index (χ1n) is 6.67. The largest absolute Gasteiger partial charge is 0.474 e. The van der Waals surface area contributed by atoms with Crippen LogP contribution in [0.3, 0.4) is 0 Å². The van der Waals surface area contributed by atoms with Crippen molar-refractivity contribution in [3.63, 3.8) is 0 Å². The molecule has 5 nitrogen and oxygen atoms in total. The molecule has 0 aliphatic carbocycles. The Morgan fingerprint density at radius 1 is 1.45 bits per heavy atom. The highest BCUT2D eigenvalue weighted by atomic mass is 16.5. The predicted octanol–water partition coefficient (Wildman–Crippen LogP) is 1.70. The third-order valence-electron chi connectivity index (χ3n) is 2.70. The van der Waals surface area contributed by atoms with Crippen molar-refractivity contribution in [3.8, 4) is 11.9 Å². The van der Waals surface area contributed by atoms with Gasteiger partial charge >= 0.3 is 0 Å². The Kier molecular flexibility index (Phi) is 5.49. The molecule has 0 spiro atoms. The first kappa shape index (κ1) is 16.4. The number of nitriles is 1. The first-order valence-corrected chi connectivity index (χ1v) is 6.67. The van der Waals surface area contributed by atoms with Crippen LogP contribution in [0.5, 0.6) is 5.88 Å². The lowest BCUT2D eigenvalue weighted by molar-refractivity contribution is 0.0975. The molecule has 20 heavy (non-hydrogen) atoms. The Labute approximate surface area is 120 Å². The van der Waals surface area contributed by atoms with E-state index in [1.54, 1.807) is 0 Å². The standard InChI is InChI=1S/C15H23N3O2/c1-10-6-11(2)18-14(13(10)7-16)20-9-12(19)8-17-15(3,4)5/h6,12,17,19H,8-9H2,1-5H3. The summed E-state index contributed by atoms with van der Waals surface area (Å²) in [5, 5.41) is 22.2. The van der Waals surface area contributed by atoms with E-state index >= 15 is 0 Å². The first-order chi connectivity index (χ1) is 9.23. The normalized spacial score (nSPS) is 12.8. The molecular weight excluding hydrogens is 254 g/mol. The topological polar surface area (TPSA) is 78.2 Å². The van der Waals surface area contributed by atoms with Gasteiger partial charge in [-0.25, -0.2) is 4.98 Å². The Hall–Kier alpha value is -1.64. The molecule has 0 aromatic carbocycles. The van der Waals surface area contributed by atoms with Gasteiger partial charge in [0.1, 0.15) is 24.3 Å². The van der Waals surface area contributed by atoms with Crippen molar-refractivity contribution >= 4 is 0 Å². The fraction of sp³-hybridized carbons (Fsp3) is 0.600. The highest BCUT2D eigenvalue weighted by Gasteiger charge is 2.15. The fourth-order valence-corrected chi connectivity index (χ4v) is 1.70. The van der Waals surface area contributed by atoms with E-state index in [1.807, 2.05) is 40.7 Å². The summed E-state index contributed by atoms with van der Waals surface area (Å²) in [4.78, 5) is 4.21. The molecule has 0 bridgehead atoms. The van der Waals surface area contributed by atoms with Gasteiger partial charge in [-0.2, -0.15) is 5.26 Å². The highest BCUT2D eigenvalue weighted by Crippen LogP contribution is 2.19. The van der Waals surface area contributed by atoms with Gasteiger partial charge in [-0.1, -0.05) is 0 Å². The zero-order valence-electron chi connectivity index (χ0n) is 12.8. The lowest BCUT2D eigenvalue weighted by Gasteiger charge is -2.23. The summed E-state index contributed by atoms with van der Waals surface area (Å²) in [6.07, 6.45) is -0.650. The summed E-state index contributed by atoms with van der Waals surface area (Å²) in [6.45, 7) is 10.3. The molecular formula is C15H23N3O2. The number of hydrogen-bond acceptors (Lipinski definition) is 5. The summed E-state index contributed by atoms with van der Waals surface area (Å²) in [5.74, 6) is 0.291. The molecule has 0 amide bonds. The Balaban J connectivity index is 2.64. The van der Waals surface area contributed by atoms with E-state index < -0.39 is 6.10 Å². The van der Waals surface area contributed by atoms with E-state index in [-0.39, 0.29) is 12.1 Å². The Morgan fingerprint density at radius 3 is 2.65 bits per heavy atom. The van der Waals surface area contributed by atoms with Crippen LogP contribution >= 0.6 is 0 Å². The third-order valence-corrected chi connectivity index (χ3v) is 2.70. The zero-order valence-corrected chi connectivity index (χ0v) is 12.8. The average molecular weight is 277 g/mol. The number of nitrogens with one attached hydrogen (secondary N) is 1. The van der Waals surface area contributed by atoms with Crippen LogP contribution in [0, 0.1) is 25.2 Å². The minimum atomic E-state index is -0.650. The lowest BCUT2D eigenvalue weighted by atomic mass is 10.1. The van der Waals surface area contributed by atoms with Crippen molar-refractivity contribution in [2.24, 2.45) is 0 Å². The van der Waals surface area contributed by atoms with E-state index in [9.17, 15) is 5.11 Å². The zero-order chi connectivity index (χ0) is 15.3. The number of aromatic nitrogens is 1. The number of aryl methyl sites for hydroxylation is 2. The van der Waals surface area contributed by atoms with Crippen LogP contribution in [0.4, 0.5) is 0 Å². The average Bonchev–Trinajstić information content (AvgIpc) is 2.32. The van der Waals surface area contributed by atoms with Gasteiger partial charge in [-0.15, -0.1) is 0 Å². The molecule has 1 aromatic heterocycles. The summed E-state index contributed by atoms with van der Waals surface area (Å²) in [6, 6.07) is 3.92. The van der Waals surface area contributed by atoms with Gasteiger partial charge in [0.25, 0.3) is 0 Å².